The molecule has 0 aliphatic carbocycles. The maximum absolute atomic E-state index is 12.6. The Morgan fingerprint density at radius 3 is 2.75 bits per heavy atom. The van der Waals surface area contributed by atoms with Crippen LogP contribution < -0.4 is 9.64 Å². The summed E-state index contributed by atoms with van der Waals surface area (Å²) in [5.41, 5.74) is 1.13. The first-order chi connectivity index (χ1) is 11.6. The van der Waals surface area contributed by atoms with Gasteiger partial charge in [-0.1, -0.05) is 12.1 Å². The highest BCUT2D eigenvalue weighted by atomic mass is 16.5. The molecule has 1 aromatic heterocycles. The van der Waals surface area contributed by atoms with Crippen molar-refractivity contribution in [2.45, 2.75) is 13.0 Å². The Hall–Kier alpha value is -2.89. The van der Waals surface area contributed by atoms with Gasteiger partial charge in [0.2, 0.25) is 5.91 Å². The van der Waals surface area contributed by atoms with Crippen LogP contribution >= 0.6 is 0 Å². The Bertz CT molecular complexity index is 748. The van der Waals surface area contributed by atoms with Gasteiger partial charge in [-0.05, 0) is 31.2 Å². The van der Waals surface area contributed by atoms with Crippen molar-refractivity contribution in [3.63, 3.8) is 0 Å². The molecule has 0 radical (unpaired) electrons. The topological polar surface area (TPSA) is 62.7 Å². The highest BCUT2D eigenvalue weighted by molar-refractivity contribution is 6.01. The van der Waals surface area contributed by atoms with Crippen LogP contribution in [0.4, 0.5) is 5.69 Å². The molecule has 0 saturated carbocycles. The Kier molecular flexibility index (Phi) is 4.46. The average molecular weight is 325 g/mol. The monoisotopic (exact) mass is 325 g/mol. The second-order valence-electron chi connectivity index (χ2n) is 5.71. The summed E-state index contributed by atoms with van der Waals surface area (Å²) in [6.07, 6.45) is 1.57. The Morgan fingerprint density at radius 2 is 2.08 bits per heavy atom. The van der Waals surface area contributed by atoms with Gasteiger partial charge in [-0.3, -0.25) is 14.6 Å². The Labute approximate surface area is 140 Å². The van der Waals surface area contributed by atoms with E-state index < -0.39 is 0 Å². The molecular formula is C18H19N3O3. The summed E-state index contributed by atoms with van der Waals surface area (Å²) in [7, 11) is 1.59. The van der Waals surface area contributed by atoms with Crippen molar-refractivity contribution < 1.29 is 14.3 Å². The van der Waals surface area contributed by atoms with E-state index in [4.69, 9.17) is 4.74 Å². The van der Waals surface area contributed by atoms with Crippen LogP contribution in [0.15, 0.2) is 48.7 Å². The molecule has 2 amide bonds. The zero-order chi connectivity index (χ0) is 17.1. The number of rotatable bonds is 3. The minimum absolute atomic E-state index is 0.0386. The summed E-state index contributed by atoms with van der Waals surface area (Å²) < 4.78 is 5.22. The van der Waals surface area contributed by atoms with Gasteiger partial charge in [-0.15, -0.1) is 0 Å². The van der Waals surface area contributed by atoms with E-state index in [9.17, 15) is 9.59 Å². The number of carbonyl (C=O) groups is 2. The molecule has 6 heteroatoms. The first kappa shape index (κ1) is 16.0. The zero-order valence-electron chi connectivity index (χ0n) is 13.7. The first-order valence-electron chi connectivity index (χ1n) is 7.76. The fraction of sp³-hybridized carbons (Fsp3) is 0.278. The lowest BCUT2D eigenvalue weighted by Gasteiger charge is -2.39. The van der Waals surface area contributed by atoms with Crippen LogP contribution in [-0.4, -0.2) is 47.9 Å². The van der Waals surface area contributed by atoms with Crippen molar-refractivity contribution in [2.24, 2.45) is 0 Å². The van der Waals surface area contributed by atoms with E-state index in [0.717, 1.165) is 5.69 Å². The van der Waals surface area contributed by atoms with E-state index in [-0.39, 0.29) is 24.4 Å². The smallest absolute Gasteiger partial charge is 0.272 e. The quantitative estimate of drug-likeness (QED) is 0.865. The number of aromatic nitrogens is 1. The van der Waals surface area contributed by atoms with Crippen LogP contribution in [0.1, 0.15) is 17.4 Å². The fourth-order valence-electron chi connectivity index (χ4n) is 2.92. The third kappa shape index (κ3) is 3.08. The van der Waals surface area contributed by atoms with Crippen LogP contribution in [0, 0.1) is 0 Å². The van der Waals surface area contributed by atoms with Crippen LogP contribution in [0.25, 0.3) is 0 Å². The number of ether oxygens (including phenoxy) is 1. The molecule has 1 fully saturated rings. The Balaban J connectivity index is 1.79. The molecule has 6 nitrogen and oxygen atoms in total. The summed E-state index contributed by atoms with van der Waals surface area (Å²) in [6.45, 7) is 2.42. The number of benzene rings is 1. The average Bonchev–Trinajstić information content (AvgIpc) is 2.61. The number of nitrogens with zero attached hydrogens (tertiary/aromatic N) is 3. The van der Waals surface area contributed by atoms with Crippen molar-refractivity contribution in [2.75, 3.05) is 25.1 Å². The summed E-state index contributed by atoms with van der Waals surface area (Å²) in [6, 6.07) is 12.4. The van der Waals surface area contributed by atoms with E-state index >= 15 is 0 Å². The molecule has 0 N–H and O–H groups in total. The number of hydrogen-bond donors (Lipinski definition) is 0. The highest BCUT2D eigenvalue weighted by Gasteiger charge is 2.34. The summed E-state index contributed by atoms with van der Waals surface area (Å²) in [5.74, 6) is 0.354. The van der Waals surface area contributed by atoms with Gasteiger partial charge in [0.15, 0.2) is 0 Å². The number of piperazine rings is 1. The van der Waals surface area contributed by atoms with E-state index in [2.05, 4.69) is 4.98 Å². The minimum atomic E-state index is -0.221. The van der Waals surface area contributed by atoms with Crippen LogP contribution in [0.5, 0.6) is 5.75 Å². The fourth-order valence-corrected chi connectivity index (χ4v) is 2.92. The van der Waals surface area contributed by atoms with E-state index in [1.165, 1.54) is 0 Å². The molecule has 0 bridgehead atoms. The predicted molar refractivity (Wildman–Crippen MR) is 90.1 cm³/mol. The molecule has 1 aliphatic rings. The number of anilines is 1. The van der Waals surface area contributed by atoms with E-state index in [1.54, 1.807) is 41.3 Å². The Morgan fingerprint density at radius 1 is 1.25 bits per heavy atom. The molecule has 1 aromatic carbocycles. The minimum Gasteiger partial charge on any atom is -0.497 e. The lowest BCUT2D eigenvalue weighted by Crippen LogP contribution is -2.57. The van der Waals surface area contributed by atoms with Gasteiger partial charge in [0.25, 0.3) is 5.91 Å². The number of pyridine rings is 1. The van der Waals surface area contributed by atoms with Crippen molar-refractivity contribution in [3.8, 4) is 5.75 Å². The molecule has 24 heavy (non-hydrogen) atoms. The number of methoxy groups -OCH3 is 1. The third-order valence-electron chi connectivity index (χ3n) is 4.02. The summed E-state index contributed by atoms with van der Waals surface area (Å²) >= 11 is 0. The van der Waals surface area contributed by atoms with Crippen molar-refractivity contribution in [3.05, 3.63) is 54.4 Å². The number of carbonyl (C=O) groups excluding carboxylic acids is 2. The summed E-state index contributed by atoms with van der Waals surface area (Å²) in [4.78, 5) is 32.5. The maximum Gasteiger partial charge on any atom is 0.272 e. The predicted octanol–water partition coefficient (Wildman–Crippen LogP) is 1.97. The highest BCUT2D eigenvalue weighted by Crippen LogP contribution is 2.25. The molecular weight excluding hydrogens is 306 g/mol. The van der Waals surface area contributed by atoms with Crippen molar-refractivity contribution in [1.29, 1.82) is 0 Å². The molecule has 3 rings (SSSR count). The van der Waals surface area contributed by atoms with Gasteiger partial charge in [-0.25, -0.2) is 0 Å². The van der Waals surface area contributed by atoms with Gasteiger partial charge in [0.1, 0.15) is 18.0 Å². The van der Waals surface area contributed by atoms with Crippen LogP contribution in [-0.2, 0) is 4.79 Å². The summed E-state index contributed by atoms with van der Waals surface area (Å²) in [5, 5.41) is 0. The normalized spacial score (nSPS) is 17.8. The molecule has 1 aliphatic heterocycles. The first-order valence-corrected chi connectivity index (χ1v) is 7.76. The molecule has 1 saturated heterocycles. The standard InChI is InChI=1S/C18H19N3O3/c1-13-11-20(18(23)16-8-3-4-9-19-16)12-17(22)21(13)14-6-5-7-15(10-14)24-2/h3-10,13H,11-12H2,1-2H3. The largest absolute Gasteiger partial charge is 0.497 e. The van der Waals surface area contributed by atoms with Gasteiger partial charge in [0.05, 0.1) is 13.2 Å². The van der Waals surface area contributed by atoms with Crippen molar-refractivity contribution >= 4 is 17.5 Å². The lowest BCUT2D eigenvalue weighted by atomic mass is 10.1. The SMILES string of the molecule is COc1cccc(N2C(=O)CN(C(=O)c3ccccn3)CC2C)c1. The zero-order valence-corrected chi connectivity index (χ0v) is 13.7. The molecule has 2 heterocycles. The van der Waals surface area contributed by atoms with E-state index in [1.807, 2.05) is 31.2 Å². The van der Waals surface area contributed by atoms with Gasteiger partial charge >= 0.3 is 0 Å². The molecule has 124 valence electrons. The van der Waals surface area contributed by atoms with E-state index in [0.29, 0.717) is 18.0 Å². The molecule has 1 unspecified atom stereocenters. The van der Waals surface area contributed by atoms with Gasteiger partial charge in [0, 0.05) is 24.5 Å². The van der Waals surface area contributed by atoms with Crippen LogP contribution in [0.3, 0.4) is 0 Å². The van der Waals surface area contributed by atoms with Crippen molar-refractivity contribution in [1.82, 2.24) is 9.88 Å². The second kappa shape index (κ2) is 6.70. The van der Waals surface area contributed by atoms with Gasteiger partial charge in [-0.2, -0.15) is 0 Å². The number of amides is 2. The third-order valence-corrected chi connectivity index (χ3v) is 4.02. The molecule has 0 spiro atoms. The van der Waals surface area contributed by atoms with Crippen LogP contribution in [0.2, 0.25) is 0 Å². The molecule has 1 atom stereocenters. The van der Waals surface area contributed by atoms with Gasteiger partial charge < -0.3 is 14.5 Å². The second-order valence-corrected chi connectivity index (χ2v) is 5.71. The lowest BCUT2D eigenvalue weighted by molar-refractivity contribution is -0.121. The molecule has 2 aromatic rings. The maximum atomic E-state index is 12.6. The number of hydrogen-bond acceptors (Lipinski definition) is 4.